The first kappa shape index (κ1) is 12.6. The molecule has 0 saturated carbocycles. The van der Waals surface area contributed by atoms with Gasteiger partial charge in [0.2, 0.25) is 0 Å². The fourth-order valence-corrected chi connectivity index (χ4v) is 2.03. The third-order valence-corrected chi connectivity index (χ3v) is 3.04. The third kappa shape index (κ3) is 2.54. The van der Waals surface area contributed by atoms with Crippen molar-refractivity contribution in [1.29, 1.82) is 0 Å². The second-order valence-electron chi connectivity index (χ2n) is 4.33. The van der Waals surface area contributed by atoms with Crippen LogP contribution < -0.4 is 0 Å². The lowest BCUT2D eigenvalue weighted by Gasteiger charge is -2.25. The van der Waals surface area contributed by atoms with Gasteiger partial charge in [-0.2, -0.15) is 0 Å². The minimum atomic E-state index is -0.425. The van der Waals surface area contributed by atoms with Gasteiger partial charge in [-0.3, -0.25) is 0 Å². The Labute approximate surface area is 106 Å². The molecule has 96 valence electrons. The molecule has 0 amide bonds. The highest BCUT2D eigenvalue weighted by atomic mass is 16.5. The summed E-state index contributed by atoms with van der Waals surface area (Å²) in [7, 11) is 1.33. The van der Waals surface area contributed by atoms with E-state index in [0.29, 0.717) is 24.2 Å². The summed E-state index contributed by atoms with van der Waals surface area (Å²) < 4.78 is 10.3. The molecule has 1 aliphatic heterocycles. The van der Waals surface area contributed by atoms with Gasteiger partial charge in [0.15, 0.2) is 0 Å². The minimum absolute atomic E-state index is 0.127. The number of rotatable bonds is 2. The molecule has 1 aliphatic rings. The fourth-order valence-electron chi connectivity index (χ4n) is 2.03. The second kappa shape index (κ2) is 5.23. The van der Waals surface area contributed by atoms with Gasteiger partial charge in [-0.15, -0.1) is 0 Å². The Hall–Kier alpha value is -1.81. The van der Waals surface area contributed by atoms with E-state index >= 15 is 0 Å². The van der Waals surface area contributed by atoms with Crippen molar-refractivity contribution in [2.75, 3.05) is 13.7 Å². The molecule has 1 unspecified atom stereocenters. The average Bonchev–Trinajstić information content (AvgIpc) is 2.38. The van der Waals surface area contributed by atoms with E-state index in [1.807, 2.05) is 0 Å². The predicted octanol–water partition coefficient (Wildman–Crippen LogP) is 2.59. The normalized spacial score (nSPS) is 19.6. The summed E-state index contributed by atoms with van der Waals surface area (Å²) in [5.41, 5.74) is 2.11. The number of methoxy groups -OCH3 is 1. The summed E-state index contributed by atoms with van der Waals surface area (Å²) >= 11 is 0. The molecular weight excluding hydrogens is 232 g/mol. The molecule has 0 radical (unpaired) electrons. The molecule has 0 aromatic heterocycles. The zero-order valence-electron chi connectivity index (χ0n) is 10.3. The first-order chi connectivity index (χ1) is 8.61. The van der Waals surface area contributed by atoms with Crippen molar-refractivity contribution in [3.8, 4) is 5.75 Å². The molecule has 1 N–H and O–H groups in total. The smallest absolute Gasteiger partial charge is 0.337 e. The number of ether oxygens (including phenoxy) is 2. The Morgan fingerprint density at radius 1 is 1.56 bits per heavy atom. The maximum Gasteiger partial charge on any atom is 0.337 e. The standard InChI is InChI=1S/C14H16O4/c1-9-5-6-18-13(7-9)11-8-10(14(16)17-2)3-4-12(11)15/h3-4,8,13,15H,1,5-7H2,2H3. The van der Waals surface area contributed by atoms with Gasteiger partial charge in [0.25, 0.3) is 0 Å². The monoisotopic (exact) mass is 248 g/mol. The molecule has 1 aromatic rings. The summed E-state index contributed by atoms with van der Waals surface area (Å²) in [4.78, 5) is 11.5. The molecule has 0 bridgehead atoms. The van der Waals surface area contributed by atoms with Crippen LogP contribution in [0.5, 0.6) is 5.75 Å². The summed E-state index contributed by atoms with van der Waals surface area (Å²) in [6, 6.07) is 4.63. The molecule has 1 fully saturated rings. The van der Waals surface area contributed by atoms with Crippen LogP contribution in [0.1, 0.15) is 34.9 Å². The van der Waals surface area contributed by atoms with Gasteiger partial charge in [-0.05, 0) is 31.0 Å². The SMILES string of the molecule is C=C1CCOC(c2cc(C(=O)OC)ccc2O)C1. The van der Waals surface area contributed by atoms with E-state index in [0.717, 1.165) is 12.0 Å². The lowest BCUT2D eigenvalue weighted by Crippen LogP contribution is -2.14. The lowest BCUT2D eigenvalue weighted by atomic mass is 9.96. The van der Waals surface area contributed by atoms with Crippen molar-refractivity contribution in [2.24, 2.45) is 0 Å². The molecule has 4 heteroatoms. The molecule has 18 heavy (non-hydrogen) atoms. The number of hydrogen-bond donors (Lipinski definition) is 1. The van der Waals surface area contributed by atoms with E-state index in [4.69, 9.17) is 4.74 Å². The van der Waals surface area contributed by atoms with Crippen LogP contribution in [0.3, 0.4) is 0 Å². The summed E-state index contributed by atoms with van der Waals surface area (Å²) in [6.07, 6.45) is 1.27. The Morgan fingerprint density at radius 3 is 3.00 bits per heavy atom. The van der Waals surface area contributed by atoms with Crippen LogP contribution in [0.15, 0.2) is 30.4 Å². The predicted molar refractivity (Wildman–Crippen MR) is 66.5 cm³/mol. The van der Waals surface area contributed by atoms with Crippen LogP contribution in [0, 0.1) is 0 Å². The number of phenolic OH excluding ortho intramolecular Hbond substituents is 1. The van der Waals surface area contributed by atoms with E-state index in [1.165, 1.54) is 19.2 Å². The fraction of sp³-hybridized carbons (Fsp3) is 0.357. The van der Waals surface area contributed by atoms with Crippen LogP contribution in [0.25, 0.3) is 0 Å². The quantitative estimate of drug-likeness (QED) is 0.645. The first-order valence-electron chi connectivity index (χ1n) is 5.81. The van der Waals surface area contributed by atoms with Crippen LogP contribution in [-0.2, 0) is 9.47 Å². The van der Waals surface area contributed by atoms with Crippen molar-refractivity contribution >= 4 is 5.97 Å². The number of benzene rings is 1. The maximum atomic E-state index is 11.5. The third-order valence-electron chi connectivity index (χ3n) is 3.04. The highest BCUT2D eigenvalue weighted by Gasteiger charge is 2.22. The zero-order chi connectivity index (χ0) is 13.1. The maximum absolute atomic E-state index is 11.5. The van der Waals surface area contributed by atoms with Crippen LogP contribution in [-0.4, -0.2) is 24.8 Å². The van der Waals surface area contributed by atoms with Crippen molar-refractivity contribution in [3.05, 3.63) is 41.5 Å². The number of hydrogen-bond acceptors (Lipinski definition) is 4. The van der Waals surface area contributed by atoms with Gasteiger partial charge in [-0.1, -0.05) is 12.2 Å². The summed E-state index contributed by atoms with van der Waals surface area (Å²) in [5, 5.41) is 9.87. The van der Waals surface area contributed by atoms with E-state index in [1.54, 1.807) is 6.07 Å². The molecule has 4 nitrogen and oxygen atoms in total. The number of carbonyl (C=O) groups excluding carboxylic acids is 1. The van der Waals surface area contributed by atoms with E-state index < -0.39 is 5.97 Å². The zero-order valence-corrected chi connectivity index (χ0v) is 10.3. The van der Waals surface area contributed by atoms with Crippen LogP contribution >= 0.6 is 0 Å². The number of phenols is 1. The van der Waals surface area contributed by atoms with Gasteiger partial charge in [0, 0.05) is 5.56 Å². The number of carbonyl (C=O) groups is 1. The van der Waals surface area contributed by atoms with Gasteiger partial charge in [0.1, 0.15) is 5.75 Å². The molecule has 1 atom stereocenters. The lowest BCUT2D eigenvalue weighted by molar-refractivity contribution is 0.0336. The van der Waals surface area contributed by atoms with Gasteiger partial charge >= 0.3 is 5.97 Å². The molecule has 1 heterocycles. The highest BCUT2D eigenvalue weighted by Crippen LogP contribution is 2.35. The Kier molecular flexibility index (Phi) is 3.67. The Balaban J connectivity index is 2.31. The Morgan fingerprint density at radius 2 is 2.33 bits per heavy atom. The van der Waals surface area contributed by atoms with E-state index in [9.17, 15) is 9.90 Å². The molecule has 2 rings (SSSR count). The largest absolute Gasteiger partial charge is 0.508 e. The van der Waals surface area contributed by atoms with Gasteiger partial charge in [-0.25, -0.2) is 4.79 Å². The van der Waals surface area contributed by atoms with Crippen molar-refractivity contribution in [1.82, 2.24) is 0 Å². The Bertz CT molecular complexity index is 479. The summed E-state index contributed by atoms with van der Waals surface area (Å²) in [6.45, 7) is 4.53. The van der Waals surface area contributed by atoms with Crippen molar-refractivity contribution < 1.29 is 19.4 Å². The van der Waals surface area contributed by atoms with Gasteiger partial charge in [0.05, 0.1) is 25.4 Å². The van der Waals surface area contributed by atoms with Crippen LogP contribution in [0.4, 0.5) is 0 Å². The average molecular weight is 248 g/mol. The molecule has 1 aromatic carbocycles. The molecule has 0 spiro atoms. The second-order valence-corrected chi connectivity index (χ2v) is 4.33. The highest BCUT2D eigenvalue weighted by molar-refractivity contribution is 5.89. The van der Waals surface area contributed by atoms with Crippen molar-refractivity contribution in [3.63, 3.8) is 0 Å². The van der Waals surface area contributed by atoms with Crippen molar-refractivity contribution in [2.45, 2.75) is 18.9 Å². The van der Waals surface area contributed by atoms with E-state index in [-0.39, 0.29) is 11.9 Å². The topological polar surface area (TPSA) is 55.8 Å². The molecule has 0 aliphatic carbocycles. The minimum Gasteiger partial charge on any atom is -0.508 e. The first-order valence-corrected chi connectivity index (χ1v) is 5.81. The van der Waals surface area contributed by atoms with Crippen LogP contribution in [0.2, 0.25) is 0 Å². The van der Waals surface area contributed by atoms with E-state index in [2.05, 4.69) is 11.3 Å². The number of esters is 1. The van der Waals surface area contributed by atoms with Gasteiger partial charge < -0.3 is 14.6 Å². The number of aromatic hydroxyl groups is 1. The molecular formula is C14H16O4. The molecule has 1 saturated heterocycles. The summed E-state index contributed by atoms with van der Waals surface area (Å²) in [5.74, 6) is -0.298.